The van der Waals surface area contributed by atoms with Gasteiger partial charge in [-0.1, -0.05) is 72.8 Å². The highest BCUT2D eigenvalue weighted by atomic mass is 15.0. The number of hydrogen-bond donors (Lipinski definition) is 0. The zero-order valence-corrected chi connectivity index (χ0v) is 45.3. The second kappa shape index (κ2) is 16.0. The van der Waals surface area contributed by atoms with E-state index in [2.05, 4.69) is 229 Å². The fourth-order valence-corrected chi connectivity index (χ4v) is 13.1. The Hall–Kier alpha value is -7.42. The van der Waals surface area contributed by atoms with Gasteiger partial charge in [0.05, 0.1) is 22.1 Å². The van der Waals surface area contributed by atoms with E-state index in [1.54, 1.807) is 0 Å². The molecular weight excluding hydrogens is 869 g/mol. The van der Waals surface area contributed by atoms with Gasteiger partial charge in [0, 0.05) is 32.9 Å². The van der Waals surface area contributed by atoms with E-state index in [9.17, 15) is 0 Å². The maximum atomic E-state index is 2.59. The average molecular weight is 935 g/mol. The van der Waals surface area contributed by atoms with Gasteiger partial charge in [0.25, 0.3) is 0 Å². The third kappa shape index (κ3) is 6.14. The van der Waals surface area contributed by atoms with Crippen LogP contribution in [0, 0.1) is 111 Å². The van der Waals surface area contributed by atoms with Crippen molar-refractivity contribution in [3.05, 3.63) is 198 Å². The second-order valence-electron chi connectivity index (χ2n) is 21.8. The van der Waals surface area contributed by atoms with Crippen molar-refractivity contribution in [2.45, 2.75) is 111 Å². The van der Waals surface area contributed by atoms with Crippen molar-refractivity contribution < 1.29 is 0 Å². The van der Waals surface area contributed by atoms with Crippen LogP contribution in [0.1, 0.15) is 89.0 Å². The third-order valence-corrected chi connectivity index (χ3v) is 18.7. The van der Waals surface area contributed by atoms with Crippen LogP contribution in [-0.2, 0) is 0 Å². The molecule has 0 N–H and O–H groups in total. The lowest BCUT2D eigenvalue weighted by Crippen LogP contribution is -2.01. The van der Waals surface area contributed by atoms with Crippen LogP contribution in [0.5, 0.6) is 0 Å². The van der Waals surface area contributed by atoms with Crippen molar-refractivity contribution in [3.63, 3.8) is 0 Å². The minimum Gasteiger partial charge on any atom is -0.309 e. The van der Waals surface area contributed by atoms with Crippen LogP contribution in [0.4, 0.5) is 0 Å². The molecule has 12 rings (SSSR count). The highest BCUT2D eigenvalue weighted by Crippen LogP contribution is 2.47. The monoisotopic (exact) mass is 935 g/mol. The van der Waals surface area contributed by atoms with Crippen molar-refractivity contribution >= 4 is 75.9 Å². The van der Waals surface area contributed by atoms with E-state index in [4.69, 9.17) is 0 Å². The molecule has 0 spiro atoms. The Balaban J connectivity index is 0.980. The van der Waals surface area contributed by atoms with Crippen LogP contribution < -0.4 is 0 Å². The van der Waals surface area contributed by atoms with Crippen LogP contribution >= 0.6 is 0 Å². The topological polar surface area (TPSA) is 9.86 Å². The van der Waals surface area contributed by atoms with Gasteiger partial charge < -0.3 is 9.13 Å². The molecule has 0 aliphatic carbocycles. The SMILES string of the molecule is Cc1c(C)c(C)c2c(c1C)c1c(C)c(C)c(C)c(C)c1n2-c1ccc2cc(-c3ccc(-c4ccc5ccc(-n6c7c(C)c(C)c(C)c(C)c7c7c(C)c(C)c(C)c(C)c76)cc5c4)c4ccccc34)ccc2c1. The molecule has 2 nitrogen and oxygen atoms in total. The van der Waals surface area contributed by atoms with Gasteiger partial charge in [0.2, 0.25) is 0 Å². The Morgan fingerprint density at radius 3 is 0.917 bits per heavy atom. The maximum Gasteiger partial charge on any atom is 0.0575 e. The van der Waals surface area contributed by atoms with E-state index in [-0.39, 0.29) is 0 Å². The molecule has 0 aliphatic heterocycles. The number of aromatic nitrogens is 2. The summed E-state index contributed by atoms with van der Waals surface area (Å²) in [7, 11) is 0. The normalized spacial score (nSPS) is 12.2. The van der Waals surface area contributed by atoms with E-state index in [0.29, 0.717) is 0 Å². The summed E-state index contributed by atoms with van der Waals surface area (Å²) in [5, 5.41) is 13.1. The summed E-state index contributed by atoms with van der Waals surface area (Å²) >= 11 is 0. The van der Waals surface area contributed by atoms with Crippen LogP contribution in [-0.4, -0.2) is 9.13 Å². The molecule has 12 aromatic rings. The van der Waals surface area contributed by atoms with E-state index < -0.39 is 0 Å². The molecule has 2 heterocycles. The lowest BCUT2D eigenvalue weighted by Gasteiger charge is -2.17. The molecule has 0 radical (unpaired) electrons. The highest BCUT2D eigenvalue weighted by molar-refractivity contribution is 6.17. The van der Waals surface area contributed by atoms with Gasteiger partial charge in [-0.15, -0.1) is 0 Å². The lowest BCUT2D eigenvalue weighted by molar-refractivity contribution is 1.13. The van der Waals surface area contributed by atoms with Gasteiger partial charge in [-0.25, -0.2) is 0 Å². The van der Waals surface area contributed by atoms with E-state index >= 15 is 0 Å². The largest absolute Gasteiger partial charge is 0.309 e. The Labute approximate surface area is 425 Å². The number of aryl methyl sites for hydroxylation is 8. The van der Waals surface area contributed by atoms with Crippen molar-refractivity contribution in [1.29, 1.82) is 0 Å². The zero-order chi connectivity index (χ0) is 50.7. The van der Waals surface area contributed by atoms with Gasteiger partial charge in [0.15, 0.2) is 0 Å². The van der Waals surface area contributed by atoms with Gasteiger partial charge in [-0.2, -0.15) is 0 Å². The van der Waals surface area contributed by atoms with Crippen LogP contribution in [0.2, 0.25) is 0 Å². The molecule has 0 unspecified atom stereocenters. The molecule has 2 aromatic heterocycles. The molecule has 0 saturated carbocycles. The maximum absolute atomic E-state index is 2.59. The first-order chi connectivity index (χ1) is 34.4. The Bertz CT molecular complexity index is 4270. The Morgan fingerprint density at radius 1 is 0.236 bits per heavy atom. The molecule has 10 aromatic carbocycles. The van der Waals surface area contributed by atoms with Crippen molar-refractivity contribution in [2.24, 2.45) is 0 Å². The van der Waals surface area contributed by atoms with E-state index in [0.717, 1.165) is 0 Å². The van der Waals surface area contributed by atoms with Crippen LogP contribution in [0.15, 0.2) is 109 Å². The molecule has 0 atom stereocenters. The fourth-order valence-electron chi connectivity index (χ4n) is 13.1. The summed E-state index contributed by atoms with van der Waals surface area (Å²) in [6, 6.07) is 41.9. The minimum atomic E-state index is 1.21. The quantitative estimate of drug-likeness (QED) is 0.166. The van der Waals surface area contributed by atoms with Gasteiger partial charge in [0.1, 0.15) is 0 Å². The summed E-state index contributed by atoms with van der Waals surface area (Å²) in [6.45, 7) is 37.0. The first-order valence-corrected chi connectivity index (χ1v) is 26.0. The number of nitrogens with zero attached hydrogens (tertiary/aromatic N) is 2. The van der Waals surface area contributed by atoms with Gasteiger partial charge in [-0.05, 0) is 291 Å². The molecule has 0 fully saturated rings. The standard InChI is InChI=1S/C70H66N2/c1-35-39(5)47(13)67-63(43(35)9)64-44(10)36(2)40(6)48(14)68(64)71(67)57-28-26-52-31-54(24-22-53(52)33-57)59-29-30-60(62-20-18-17-19-61(59)62)55-23-21-51-25-27-58(34-56(51)32-55)72-69-49(15)41(7)37(3)45(11)65(69)66-46(12)38(4)42(8)50(16)70(66)72/h17-34H,1-16H3. The van der Waals surface area contributed by atoms with E-state index in [1.807, 2.05) is 0 Å². The summed E-state index contributed by atoms with van der Waals surface area (Å²) in [4.78, 5) is 0. The van der Waals surface area contributed by atoms with Gasteiger partial charge in [-0.3, -0.25) is 0 Å². The fraction of sp³-hybridized carbons (Fsp3) is 0.229. The van der Waals surface area contributed by atoms with Crippen LogP contribution in [0.25, 0.3) is 110 Å². The number of rotatable bonds is 4. The Kier molecular flexibility index (Phi) is 10.2. The molecule has 356 valence electrons. The molecule has 0 bridgehead atoms. The van der Waals surface area contributed by atoms with E-state index in [1.165, 1.54) is 199 Å². The summed E-state index contributed by atoms with van der Waals surface area (Å²) in [6.07, 6.45) is 0. The van der Waals surface area contributed by atoms with Gasteiger partial charge >= 0.3 is 0 Å². The zero-order valence-electron chi connectivity index (χ0n) is 45.3. The first kappa shape index (κ1) is 45.7. The Morgan fingerprint density at radius 2 is 0.528 bits per heavy atom. The minimum absolute atomic E-state index is 1.21. The molecule has 0 saturated heterocycles. The lowest BCUT2D eigenvalue weighted by atomic mass is 9.90. The second-order valence-corrected chi connectivity index (χ2v) is 21.8. The predicted molar refractivity (Wildman–Crippen MR) is 314 cm³/mol. The molecule has 0 aliphatic rings. The van der Waals surface area contributed by atoms with Crippen LogP contribution in [0.3, 0.4) is 0 Å². The summed E-state index contributed by atoms with van der Waals surface area (Å²) in [5.41, 5.74) is 34.8. The average Bonchev–Trinajstić information content (AvgIpc) is 3.95. The predicted octanol–water partition coefficient (Wildman–Crippen LogP) is 19.6. The smallest absolute Gasteiger partial charge is 0.0575 e. The number of benzene rings is 10. The summed E-state index contributed by atoms with van der Waals surface area (Å²) < 4.78 is 5.17. The third-order valence-electron chi connectivity index (χ3n) is 18.7. The molecule has 0 amide bonds. The molecular formula is C70H66N2. The first-order valence-electron chi connectivity index (χ1n) is 26.0. The van der Waals surface area contributed by atoms with Crippen molar-refractivity contribution in [2.75, 3.05) is 0 Å². The number of hydrogen-bond acceptors (Lipinski definition) is 0. The van der Waals surface area contributed by atoms with Crippen molar-refractivity contribution in [1.82, 2.24) is 9.13 Å². The molecule has 72 heavy (non-hydrogen) atoms. The number of fused-ring (bicyclic) bond motifs is 9. The highest BCUT2D eigenvalue weighted by Gasteiger charge is 2.26. The summed E-state index contributed by atoms with van der Waals surface area (Å²) in [5.74, 6) is 0. The van der Waals surface area contributed by atoms with Crippen molar-refractivity contribution in [3.8, 4) is 33.6 Å². The molecule has 2 heteroatoms.